The number of nitrogens with one attached hydrogen (secondary N) is 3. The van der Waals surface area contributed by atoms with E-state index >= 15 is 0 Å². The van der Waals surface area contributed by atoms with E-state index in [4.69, 9.17) is 0 Å². The normalized spacial score (nSPS) is 15.9. The molecule has 0 saturated carbocycles. The first-order valence-electron chi connectivity index (χ1n) is 4.89. The number of hydrogen-bond donors (Lipinski definition) is 3. The van der Waals surface area contributed by atoms with E-state index in [9.17, 15) is 4.79 Å². The molecule has 0 aliphatic carbocycles. The second-order valence-electron chi connectivity index (χ2n) is 3.35. The van der Waals surface area contributed by atoms with Crippen LogP contribution in [-0.2, 0) is 0 Å². The van der Waals surface area contributed by atoms with Crippen LogP contribution in [0.2, 0.25) is 0 Å². The molecule has 6 nitrogen and oxygen atoms in total. The number of H-pyrrole nitrogens is 1. The van der Waals surface area contributed by atoms with Crippen molar-refractivity contribution in [3.8, 4) is 0 Å². The van der Waals surface area contributed by atoms with Crippen molar-refractivity contribution in [3.63, 3.8) is 0 Å². The Morgan fingerprint density at radius 2 is 2.53 bits per heavy atom. The number of aromatic amines is 1. The fourth-order valence-corrected chi connectivity index (χ4v) is 1.43. The summed E-state index contributed by atoms with van der Waals surface area (Å²) in [6, 6.07) is 0. The standard InChI is InChI=1S/C9H13N5O/c15-9(8-6-12-14-13-8)11-5-7-1-3-10-4-2-7/h1,6,10H,2-5H2,(H,11,15)(H,12,13,14). The molecule has 1 aromatic rings. The lowest BCUT2D eigenvalue weighted by atomic mass is 10.1. The van der Waals surface area contributed by atoms with Crippen LogP contribution in [0, 0.1) is 0 Å². The summed E-state index contributed by atoms with van der Waals surface area (Å²) in [7, 11) is 0. The smallest absolute Gasteiger partial charge is 0.273 e. The molecule has 0 fully saturated rings. The van der Waals surface area contributed by atoms with Crippen LogP contribution < -0.4 is 10.6 Å². The van der Waals surface area contributed by atoms with Crippen molar-refractivity contribution in [1.82, 2.24) is 26.0 Å². The lowest BCUT2D eigenvalue weighted by molar-refractivity contribution is 0.0951. The Hall–Kier alpha value is -1.69. The summed E-state index contributed by atoms with van der Waals surface area (Å²) in [5.74, 6) is -0.191. The van der Waals surface area contributed by atoms with Crippen molar-refractivity contribution in [2.45, 2.75) is 6.42 Å². The van der Waals surface area contributed by atoms with Crippen molar-refractivity contribution >= 4 is 5.91 Å². The minimum atomic E-state index is -0.191. The lowest BCUT2D eigenvalue weighted by Gasteiger charge is -2.13. The van der Waals surface area contributed by atoms with E-state index in [-0.39, 0.29) is 5.91 Å². The van der Waals surface area contributed by atoms with Crippen LogP contribution in [0.5, 0.6) is 0 Å². The molecule has 6 heteroatoms. The predicted octanol–water partition coefficient (Wildman–Crippen LogP) is -0.546. The topological polar surface area (TPSA) is 82.7 Å². The van der Waals surface area contributed by atoms with Gasteiger partial charge >= 0.3 is 0 Å². The third-order valence-electron chi connectivity index (χ3n) is 2.28. The molecule has 0 bridgehead atoms. The van der Waals surface area contributed by atoms with Gasteiger partial charge in [-0.1, -0.05) is 11.6 Å². The maximum Gasteiger partial charge on any atom is 0.273 e. The second-order valence-corrected chi connectivity index (χ2v) is 3.35. The summed E-state index contributed by atoms with van der Waals surface area (Å²) >= 11 is 0. The second kappa shape index (κ2) is 4.70. The van der Waals surface area contributed by atoms with Gasteiger partial charge in [-0.3, -0.25) is 4.79 Å². The number of amides is 1. The molecule has 2 heterocycles. The first-order chi connectivity index (χ1) is 7.36. The van der Waals surface area contributed by atoms with Gasteiger partial charge in [-0.2, -0.15) is 15.4 Å². The molecule has 0 aromatic carbocycles. The van der Waals surface area contributed by atoms with E-state index in [2.05, 4.69) is 32.1 Å². The zero-order chi connectivity index (χ0) is 10.5. The van der Waals surface area contributed by atoms with Gasteiger partial charge in [0.2, 0.25) is 0 Å². The monoisotopic (exact) mass is 207 g/mol. The highest BCUT2D eigenvalue weighted by molar-refractivity contribution is 5.91. The van der Waals surface area contributed by atoms with Crippen LogP contribution in [0.3, 0.4) is 0 Å². The first kappa shape index (κ1) is 9.85. The minimum absolute atomic E-state index is 0.191. The SMILES string of the molecule is O=C(NCC1=CCNCC1)c1cn[nH]n1. The van der Waals surface area contributed by atoms with Gasteiger partial charge in [0.1, 0.15) is 0 Å². The Morgan fingerprint density at radius 3 is 3.20 bits per heavy atom. The first-order valence-corrected chi connectivity index (χ1v) is 4.89. The Balaban J connectivity index is 1.83. The van der Waals surface area contributed by atoms with Crippen LogP contribution in [0.1, 0.15) is 16.9 Å². The van der Waals surface area contributed by atoms with E-state index in [1.54, 1.807) is 0 Å². The highest BCUT2D eigenvalue weighted by Gasteiger charge is 2.09. The van der Waals surface area contributed by atoms with Crippen LogP contribution >= 0.6 is 0 Å². The Morgan fingerprint density at radius 1 is 1.60 bits per heavy atom. The maximum absolute atomic E-state index is 11.5. The molecule has 15 heavy (non-hydrogen) atoms. The molecule has 0 saturated heterocycles. The molecule has 0 spiro atoms. The number of nitrogens with zero attached hydrogens (tertiary/aromatic N) is 2. The van der Waals surface area contributed by atoms with E-state index in [0.717, 1.165) is 19.5 Å². The number of rotatable bonds is 3. The summed E-state index contributed by atoms with van der Waals surface area (Å²) in [4.78, 5) is 11.5. The van der Waals surface area contributed by atoms with Crippen LogP contribution in [0.4, 0.5) is 0 Å². The van der Waals surface area contributed by atoms with Gasteiger partial charge in [0.25, 0.3) is 5.91 Å². The summed E-state index contributed by atoms with van der Waals surface area (Å²) < 4.78 is 0. The average molecular weight is 207 g/mol. The summed E-state index contributed by atoms with van der Waals surface area (Å²) in [6.07, 6.45) is 4.50. The van der Waals surface area contributed by atoms with E-state index in [1.807, 2.05) is 0 Å². The van der Waals surface area contributed by atoms with Gasteiger partial charge in [-0.25, -0.2) is 0 Å². The highest BCUT2D eigenvalue weighted by Crippen LogP contribution is 2.02. The van der Waals surface area contributed by atoms with Gasteiger partial charge in [-0.05, 0) is 13.0 Å². The number of hydrogen-bond acceptors (Lipinski definition) is 4. The largest absolute Gasteiger partial charge is 0.347 e. The van der Waals surface area contributed by atoms with Crippen LogP contribution in [-0.4, -0.2) is 41.0 Å². The third-order valence-corrected chi connectivity index (χ3v) is 2.28. The quantitative estimate of drug-likeness (QED) is 0.581. The van der Waals surface area contributed by atoms with Crippen LogP contribution in [0.15, 0.2) is 17.8 Å². The fourth-order valence-electron chi connectivity index (χ4n) is 1.43. The Labute approximate surface area is 87.1 Å². The van der Waals surface area contributed by atoms with E-state index in [0.29, 0.717) is 12.2 Å². The van der Waals surface area contributed by atoms with Crippen molar-refractivity contribution in [1.29, 1.82) is 0 Å². The van der Waals surface area contributed by atoms with Crippen molar-refractivity contribution in [2.75, 3.05) is 19.6 Å². The minimum Gasteiger partial charge on any atom is -0.347 e. The number of aromatic nitrogens is 3. The highest BCUT2D eigenvalue weighted by atomic mass is 16.1. The number of carbonyl (C=O) groups excluding carboxylic acids is 1. The molecule has 1 aliphatic heterocycles. The van der Waals surface area contributed by atoms with Gasteiger partial charge in [0, 0.05) is 13.1 Å². The molecule has 0 radical (unpaired) electrons. The van der Waals surface area contributed by atoms with E-state index in [1.165, 1.54) is 11.8 Å². The molecular weight excluding hydrogens is 194 g/mol. The molecule has 3 N–H and O–H groups in total. The summed E-state index contributed by atoms with van der Waals surface area (Å²) in [5.41, 5.74) is 1.58. The summed E-state index contributed by atoms with van der Waals surface area (Å²) in [6.45, 7) is 2.45. The van der Waals surface area contributed by atoms with Crippen LogP contribution in [0.25, 0.3) is 0 Å². The molecular formula is C9H13N5O. The molecule has 2 rings (SSSR count). The van der Waals surface area contributed by atoms with Crippen molar-refractivity contribution in [3.05, 3.63) is 23.5 Å². The lowest BCUT2D eigenvalue weighted by Crippen LogP contribution is -2.29. The van der Waals surface area contributed by atoms with Gasteiger partial charge in [0.15, 0.2) is 5.69 Å². The van der Waals surface area contributed by atoms with Gasteiger partial charge < -0.3 is 10.6 Å². The van der Waals surface area contributed by atoms with Gasteiger partial charge in [0.05, 0.1) is 6.20 Å². The van der Waals surface area contributed by atoms with Crippen molar-refractivity contribution < 1.29 is 4.79 Å². The summed E-state index contributed by atoms with van der Waals surface area (Å²) in [5, 5.41) is 15.7. The van der Waals surface area contributed by atoms with E-state index < -0.39 is 0 Å². The van der Waals surface area contributed by atoms with Gasteiger partial charge in [-0.15, -0.1) is 0 Å². The Kier molecular flexibility index (Phi) is 3.08. The fraction of sp³-hybridized carbons (Fsp3) is 0.444. The average Bonchev–Trinajstić information content (AvgIpc) is 2.81. The third kappa shape index (κ3) is 2.63. The molecule has 1 amide bonds. The zero-order valence-corrected chi connectivity index (χ0v) is 8.29. The predicted molar refractivity (Wildman–Crippen MR) is 54.3 cm³/mol. The molecule has 1 aromatic heterocycles. The van der Waals surface area contributed by atoms with Crippen molar-refractivity contribution in [2.24, 2.45) is 0 Å². The molecule has 0 unspecified atom stereocenters. The number of carbonyl (C=O) groups is 1. The zero-order valence-electron chi connectivity index (χ0n) is 8.29. The molecule has 80 valence electrons. The molecule has 1 aliphatic rings. The maximum atomic E-state index is 11.5. The Bertz CT molecular complexity index is 357. The molecule has 0 atom stereocenters.